The highest BCUT2D eigenvalue weighted by Crippen LogP contribution is 2.18. The van der Waals surface area contributed by atoms with Gasteiger partial charge < -0.3 is 5.11 Å². The van der Waals surface area contributed by atoms with E-state index in [-0.39, 0.29) is 12.2 Å². The average molecular weight is 278 g/mol. The molecule has 108 valence electrons. The van der Waals surface area contributed by atoms with Gasteiger partial charge >= 0.3 is 5.97 Å². The fraction of sp³-hybridized carbons (Fsp3) is 0.357. The molecule has 0 heterocycles. The van der Waals surface area contributed by atoms with Gasteiger partial charge in [-0.05, 0) is 19.0 Å². The van der Waals surface area contributed by atoms with Crippen LogP contribution >= 0.6 is 0 Å². The van der Waals surface area contributed by atoms with E-state index in [2.05, 4.69) is 0 Å². The molecule has 0 saturated carbocycles. The largest absolute Gasteiger partial charge is 0.480 e. The number of para-hydroxylation sites is 1. The maximum Gasteiger partial charge on any atom is 0.317 e. The molecule has 1 aromatic carbocycles. The first-order valence-electron chi connectivity index (χ1n) is 6.38. The summed E-state index contributed by atoms with van der Waals surface area (Å²) in [7, 11) is 0. The van der Waals surface area contributed by atoms with Gasteiger partial charge in [-0.2, -0.15) is 0 Å². The third-order valence-corrected chi connectivity index (χ3v) is 2.69. The van der Waals surface area contributed by atoms with Crippen molar-refractivity contribution >= 4 is 17.7 Å². The molecule has 0 aliphatic heterocycles. The number of carboxylic acids is 1. The number of nitro benzene ring substituents is 1. The summed E-state index contributed by atoms with van der Waals surface area (Å²) in [6.07, 6.45) is 4.26. The number of hydrogen-bond acceptors (Lipinski definition) is 4. The number of rotatable bonds is 8. The number of carboxylic acid groups (broad SMARTS) is 1. The molecule has 1 N–H and O–H groups in total. The predicted molar refractivity (Wildman–Crippen MR) is 76.5 cm³/mol. The second-order valence-electron chi connectivity index (χ2n) is 4.35. The van der Waals surface area contributed by atoms with Crippen LogP contribution < -0.4 is 0 Å². The molecule has 1 rings (SSSR count). The molecule has 20 heavy (non-hydrogen) atoms. The first kappa shape index (κ1) is 15.8. The molecular weight excluding hydrogens is 260 g/mol. The minimum atomic E-state index is -0.877. The molecule has 6 heteroatoms. The van der Waals surface area contributed by atoms with Crippen molar-refractivity contribution in [2.45, 2.75) is 13.3 Å². The lowest BCUT2D eigenvalue weighted by molar-refractivity contribution is -0.385. The van der Waals surface area contributed by atoms with Gasteiger partial charge in [0, 0.05) is 12.6 Å². The Labute approximate surface area is 117 Å². The Morgan fingerprint density at radius 2 is 2.15 bits per heavy atom. The molecule has 0 aromatic heterocycles. The lowest BCUT2D eigenvalue weighted by Gasteiger charge is -2.16. The van der Waals surface area contributed by atoms with E-state index >= 15 is 0 Å². The van der Waals surface area contributed by atoms with E-state index in [9.17, 15) is 14.9 Å². The van der Waals surface area contributed by atoms with Crippen molar-refractivity contribution in [1.82, 2.24) is 4.90 Å². The van der Waals surface area contributed by atoms with E-state index in [1.165, 1.54) is 6.07 Å². The van der Waals surface area contributed by atoms with Gasteiger partial charge in [0.15, 0.2) is 0 Å². The van der Waals surface area contributed by atoms with E-state index < -0.39 is 10.9 Å². The standard InChI is InChI=1S/C14H18N2O4/c1-2-9-15(11-14(17)18)10-5-7-12-6-3-4-8-13(12)16(19)20/h3-8H,2,9-11H2,1H3,(H,17,18)/b7-5+. The van der Waals surface area contributed by atoms with Crippen molar-refractivity contribution in [2.75, 3.05) is 19.6 Å². The smallest absolute Gasteiger partial charge is 0.317 e. The Bertz CT molecular complexity index is 500. The lowest BCUT2D eigenvalue weighted by Crippen LogP contribution is -2.30. The number of nitrogens with zero attached hydrogens (tertiary/aromatic N) is 2. The van der Waals surface area contributed by atoms with Crippen LogP contribution in [0.3, 0.4) is 0 Å². The molecule has 0 unspecified atom stereocenters. The monoisotopic (exact) mass is 278 g/mol. The van der Waals surface area contributed by atoms with Crippen LogP contribution in [0.1, 0.15) is 18.9 Å². The van der Waals surface area contributed by atoms with E-state index in [0.29, 0.717) is 18.7 Å². The highest BCUT2D eigenvalue weighted by Gasteiger charge is 2.10. The fourth-order valence-corrected chi connectivity index (χ4v) is 1.87. The Morgan fingerprint density at radius 3 is 2.75 bits per heavy atom. The third-order valence-electron chi connectivity index (χ3n) is 2.69. The predicted octanol–water partition coefficient (Wildman–Crippen LogP) is 2.40. The van der Waals surface area contributed by atoms with Crippen LogP contribution in [0, 0.1) is 10.1 Å². The SMILES string of the molecule is CCCN(C/C=C/c1ccccc1[N+](=O)[O-])CC(=O)O. The Hall–Kier alpha value is -2.21. The zero-order valence-corrected chi connectivity index (χ0v) is 11.4. The average Bonchev–Trinajstić information content (AvgIpc) is 2.38. The van der Waals surface area contributed by atoms with Crippen molar-refractivity contribution in [3.05, 3.63) is 46.0 Å². The summed E-state index contributed by atoms with van der Waals surface area (Å²) in [5.41, 5.74) is 0.563. The topological polar surface area (TPSA) is 83.7 Å². The highest BCUT2D eigenvalue weighted by molar-refractivity contribution is 5.69. The number of nitro groups is 1. The van der Waals surface area contributed by atoms with Gasteiger partial charge in [0.05, 0.1) is 17.0 Å². The first-order chi connectivity index (χ1) is 9.54. The van der Waals surface area contributed by atoms with Crippen LogP contribution in [0.4, 0.5) is 5.69 Å². The molecule has 0 bridgehead atoms. The molecule has 0 fully saturated rings. The van der Waals surface area contributed by atoms with E-state index in [1.54, 1.807) is 35.3 Å². The number of aliphatic carboxylic acids is 1. The quantitative estimate of drug-likeness (QED) is 0.583. The third kappa shape index (κ3) is 5.19. The van der Waals surface area contributed by atoms with E-state index in [1.807, 2.05) is 6.92 Å². The van der Waals surface area contributed by atoms with Crippen molar-refractivity contribution in [3.8, 4) is 0 Å². The molecule has 0 amide bonds. The Balaban J connectivity index is 2.72. The molecule has 0 spiro atoms. The maximum absolute atomic E-state index is 10.9. The molecule has 1 aromatic rings. The van der Waals surface area contributed by atoms with Gasteiger partial charge in [-0.15, -0.1) is 0 Å². The van der Waals surface area contributed by atoms with Gasteiger partial charge in [-0.1, -0.05) is 31.2 Å². The lowest BCUT2D eigenvalue weighted by atomic mass is 10.1. The van der Waals surface area contributed by atoms with Crippen molar-refractivity contribution in [3.63, 3.8) is 0 Å². The van der Waals surface area contributed by atoms with Gasteiger partial charge in [0.1, 0.15) is 0 Å². The molecule has 6 nitrogen and oxygen atoms in total. The van der Waals surface area contributed by atoms with Gasteiger partial charge in [0.25, 0.3) is 5.69 Å². The minimum absolute atomic E-state index is 0.0327. The normalized spacial score (nSPS) is 11.1. The molecule has 0 saturated heterocycles. The van der Waals surface area contributed by atoms with Crippen molar-refractivity contribution in [2.24, 2.45) is 0 Å². The van der Waals surface area contributed by atoms with Gasteiger partial charge in [-0.3, -0.25) is 19.8 Å². The molecule has 0 aliphatic carbocycles. The summed E-state index contributed by atoms with van der Waals surface area (Å²) < 4.78 is 0. The Morgan fingerprint density at radius 1 is 1.45 bits per heavy atom. The maximum atomic E-state index is 10.9. The molecular formula is C14H18N2O4. The van der Waals surface area contributed by atoms with Crippen molar-refractivity contribution < 1.29 is 14.8 Å². The summed E-state index contributed by atoms with van der Waals surface area (Å²) in [4.78, 5) is 22.9. The molecule has 0 atom stereocenters. The van der Waals surface area contributed by atoms with Crippen LogP contribution in [0.25, 0.3) is 6.08 Å². The summed E-state index contributed by atoms with van der Waals surface area (Å²) in [5, 5.41) is 19.6. The van der Waals surface area contributed by atoms with Crippen LogP contribution in [-0.4, -0.2) is 40.5 Å². The zero-order valence-electron chi connectivity index (χ0n) is 11.4. The summed E-state index contributed by atoms with van der Waals surface area (Å²) >= 11 is 0. The number of hydrogen-bond donors (Lipinski definition) is 1. The van der Waals surface area contributed by atoms with Crippen LogP contribution in [0.2, 0.25) is 0 Å². The summed E-state index contributed by atoms with van der Waals surface area (Å²) in [6, 6.07) is 6.45. The fourth-order valence-electron chi connectivity index (χ4n) is 1.87. The highest BCUT2D eigenvalue weighted by atomic mass is 16.6. The van der Waals surface area contributed by atoms with Crippen LogP contribution in [0.5, 0.6) is 0 Å². The van der Waals surface area contributed by atoms with Crippen molar-refractivity contribution in [1.29, 1.82) is 0 Å². The second kappa shape index (κ2) is 8.06. The molecule has 0 aliphatic rings. The van der Waals surface area contributed by atoms with Gasteiger partial charge in [0.2, 0.25) is 0 Å². The van der Waals surface area contributed by atoms with Gasteiger partial charge in [-0.25, -0.2) is 0 Å². The Kier molecular flexibility index (Phi) is 6.39. The number of benzene rings is 1. The van der Waals surface area contributed by atoms with E-state index in [0.717, 1.165) is 6.42 Å². The first-order valence-corrected chi connectivity index (χ1v) is 6.38. The zero-order chi connectivity index (χ0) is 15.0. The second-order valence-corrected chi connectivity index (χ2v) is 4.35. The molecule has 0 radical (unpaired) electrons. The minimum Gasteiger partial charge on any atom is -0.480 e. The summed E-state index contributed by atoms with van der Waals surface area (Å²) in [6.45, 7) is 3.06. The van der Waals surface area contributed by atoms with E-state index in [4.69, 9.17) is 5.11 Å². The van der Waals surface area contributed by atoms with Crippen LogP contribution in [0.15, 0.2) is 30.3 Å². The van der Waals surface area contributed by atoms with Crippen LogP contribution in [-0.2, 0) is 4.79 Å². The number of carbonyl (C=O) groups is 1. The summed E-state index contributed by atoms with van der Waals surface area (Å²) in [5.74, 6) is -0.877.